The van der Waals surface area contributed by atoms with Crippen LogP contribution in [0.15, 0.2) is 30.3 Å². The number of hydrogen-bond donors (Lipinski definition) is 1. The molecule has 2 aromatic rings. The first-order valence-electron chi connectivity index (χ1n) is 8.06. The van der Waals surface area contributed by atoms with Gasteiger partial charge in [-0.05, 0) is 31.4 Å². The van der Waals surface area contributed by atoms with Gasteiger partial charge < -0.3 is 4.90 Å². The first kappa shape index (κ1) is 14.8. The van der Waals surface area contributed by atoms with Gasteiger partial charge in [-0.3, -0.25) is 4.58 Å². The maximum Gasteiger partial charge on any atom is 0.249 e. The molecule has 116 valence electrons. The van der Waals surface area contributed by atoms with Gasteiger partial charge in [0, 0.05) is 32.0 Å². The van der Waals surface area contributed by atoms with E-state index in [-0.39, 0.29) is 0 Å². The van der Waals surface area contributed by atoms with E-state index in [9.17, 15) is 0 Å². The maximum absolute atomic E-state index is 4.73. The minimum absolute atomic E-state index is 0.984. The average molecular weight is 297 g/mol. The lowest BCUT2D eigenvalue weighted by Gasteiger charge is -2.14. The highest BCUT2D eigenvalue weighted by molar-refractivity contribution is 6.02. The second-order valence-electron chi connectivity index (χ2n) is 6.24. The van der Waals surface area contributed by atoms with Crippen molar-refractivity contribution in [3.05, 3.63) is 30.3 Å². The van der Waals surface area contributed by atoms with Crippen molar-refractivity contribution in [1.82, 2.24) is 4.98 Å². The summed E-state index contributed by atoms with van der Waals surface area (Å²) in [6.45, 7) is 1.13. The van der Waals surface area contributed by atoms with E-state index in [1.165, 1.54) is 30.5 Å². The molecule has 3 rings (SSSR count). The van der Waals surface area contributed by atoms with Gasteiger partial charge in [-0.25, -0.2) is 10.3 Å². The fourth-order valence-corrected chi connectivity index (χ4v) is 2.95. The molecule has 0 fully saturated rings. The number of nitrogens with zero attached hydrogens (tertiary/aromatic N) is 3. The van der Waals surface area contributed by atoms with Gasteiger partial charge in [0.2, 0.25) is 5.84 Å². The predicted octanol–water partition coefficient (Wildman–Crippen LogP) is 3.33. The van der Waals surface area contributed by atoms with Gasteiger partial charge in [-0.2, -0.15) is 0 Å². The Bertz CT molecular complexity index is 703. The molecular formula is C18H25N4+. The van der Waals surface area contributed by atoms with Crippen LogP contribution in [-0.2, 0) is 0 Å². The molecular weight excluding hydrogens is 272 g/mol. The highest BCUT2D eigenvalue weighted by Crippen LogP contribution is 2.27. The van der Waals surface area contributed by atoms with Crippen molar-refractivity contribution in [2.24, 2.45) is 0 Å². The first-order chi connectivity index (χ1) is 10.6. The summed E-state index contributed by atoms with van der Waals surface area (Å²) in [5, 5.41) is 4.86. The normalized spacial score (nSPS) is 15.8. The summed E-state index contributed by atoms with van der Waals surface area (Å²) in [4.78, 5) is 6.78. The lowest BCUT2D eigenvalue weighted by molar-refractivity contribution is -0.497. The summed E-state index contributed by atoms with van der Waals surface area (Å²) >= 11 is 0. The van der Waals surface area contributed by atoms with Crippen molar-refractivity contribution in [3.8, 4) is 0 Å². The number of hydrogen-bond acceptors (Lipinski definition) is 3. The number of amidine groups is 1. The number of rotatable bonds is 2. The number of aromatic nitrogens is 1. The topological polar surface area (TPSA) is 31.2 Å². The number of anilines is 2. The summed E-state index contributed by atoms with van der Waals surface area (Å²) < 4.78 is 2.36. The lowest BCUT2D eigenvalue weighted by atomic mass is 10.1. The zero-order valence-electron chi connectivity index (χ0n) is 13.8. The average Bonchev–Trinajstić information content (AvgIpc) is 2.72. The number of benzene rings is 1. The number of fused-ring (bicyclic) bond motifs is 1. The Hall–Kier alpha value is -2.10. The molecule has 0 aliphatic carbocycles. The largest absolute Gasteiger partial charge is 0.363 e. The van der Waals surface area contributed by atoms with Crippen LogP contribution in [0.3, 0.4) is 0 Å². The Balaban J connectivity index is 2.05. The van der Waals surface area contributed by atoms with Crippen LogP contribution < -0.4 is 10.2 Å². The summed E-state index contributed by atoms with van der Waals surface area (Å²) in [5.74, 6) is 2.30. The van der Waals surface area contributed by atoms with Gasteiger partial charge in [0.15, 0.2) is 0 Å². The van der Waals surface area contributed by atoms with Crippen molar-refractivity contribution in [3.63, 3.8) is 0 Å². The van der Waals surface area contributed by atoms with Crippen molar-refractivity contribution < 1.29 is 4.58 Å². The lowest BCUT2D eigenvalue weighted by Crippen LogP contribution is -2.24. The minimum Gasteiger partial charge on any atom is -0.363 e. The highest BCUT2D eigenvalue weighted by Gasteiger charge is 2.17. The van der Waals surface area contributed by atoms with Gasteiger partial charge in [0.1, 0.15) is 11.5 Å². The molecule has 1 aliphatic rings. The smallest absolute Gasteiger partial charge is 0.249 e. The third-order valence-corrected chi connectivity index (χ3v) is 4.31. The van der Waals surface area contributed by atoms with E-state index < -0.39 is 0 Å². The summed E-state index contributed by atoms with van der Waals surface area (Å²) in [6.07, 6.45) is 4.97. The molecule has 22 heavy (non-hydrogen) atoms. The van der Waals surface area contributed by atoms with Gasteiger partial charge in [0.25, 0.3) is 0 Å². The van der Waals surface area contributed by atoms with Crippen molar-refractivity contribution in [1.29, 1.82) is 0 Å². The standard InChI is InChI=1S/C18H24N4/c1-21(2)18-13-16(14-9-6-7-10-15(14)19-18)20-17-11-5-4-8-12-22(17)3/h6-7,9-10,13H,4-5,8,11-12H2,1-3H3/p+1. The van der Waals surface area contributed by atoms with E-state index in [1.54, 1.807) is 0 Å². The molecule has 0 radical (unpaired) electrons. The van der Waals surface area contributed by atoms with E-state index in [0.29, 0.717) is 0 Å². The van der Waals surface area contributed by atoms with Crippen molar-refractivity contribution in [2.45, 2.75) is 25.7 Å². The molecule has 1 N–H and O–H groups in total. The summed E-state index contributed by atoms with van der Waals surface area (Å²) in [7, 11) is 6.25. The molecule has 0 unspecified atom stereocenters. The highest BCUT2D eigenvalue weighted by atomic mass is 15.1. The molecule has 1 aliphatic heterocycles. The number of para-hydroxylation sites is 1. The van der Waals surface area contributed by atoms with Crippen molar-refractivity contribution >= 4 is 28.2 Å². The van der Waals surface area contributed by atoms with Crippen LogP contribution in [0.25, 0.3) is 10.9 Å². The van der Waals surface area contributed by atoms with Crippen LogP contribution in [0.4, 0.5) is 11.5 Å². The van der Waals surface area contributed by atoms with E-state index >= 15 is 0 Å². The van der Waals surface area contributed by atoms with Crippen LogP contribution in [-0.4, -0.2) is 43.1 Å². The molecule has 0 amide bonds. The Morgan fingerprint density at radius 1 is 1.14 bits per heavy atom. The molecule has 0 spiro atoms. The number of pyridine rings is 1. The van der Waals surface area contributed by atoms with Gasteiger partial charge in [-0.1, -0.05) is 12.1 Å². The Labute approximate surface area is 132 Å². The molecule has 2 heterocycles. The SMILES string of the molecule is CN(C)c1cc(NC2=[N+](C)CCCCC2)c2ccccc2n1. The first-order valence-corrected chi connectivity index (χ1v) is 8.06. The van der Waals surface area contributed by atoms with Crippen LogP contribution in [0, 0.1) is 0 Å². The van der Waals surface area contributed by atoms with E-state index in [1.807, 2.05) is 20.2 Å². The summed E-state index contributed by atoms with van der Waals surface area (Å²) in [6, 6.07) is 10.5. The second-order valence-corrected chi connectivity index (χ2v) is 6.24. The third kappa shape index (κ3) is 3.06. The Morgan fingerprint density at radius 3 is 2.77 bits per heavy atom. The molecule has 0 bridgehead atoms. The zero-order valence-corrected chi connectivity index (χ0v) is 13.8. The van der Waals surface area contributed by atoms with Gasteiger partial charge in [0.05, 0.1) is 19.1 Å². The fraction of sp³-hybridized carbons (Fsp3) is 0.444. The van der Waals surface area contributed by atoms with Crippen LogP contribution >= 0.6 is 0 Å². The predicted molar refractivity (Wildman–Crippen MR) is 94.2 cm³/mol. The van der Waals surface area contributed by atoms with E-state index in [4.69, 9.17) is 4.98 Å². The fourth-order valence-electron chi connectivity index (χ4n) is 2.95. The van der Waals surface area contributed by atoms with Crippen LogP contribution in [0.1, 0.15) is 25.7 Å². The maximum atomic E-state index is 4.73. The molecule has 0 saturated heterocycles. The Kier molecular flexibility index (Phi) is 4.27. The van der Waals surface area contributed by atoms with E-state index in [2.05, 4.69) is 46.1 Å². The van der Waals surface area contributed by atoms with Gasteiger partial charge >= 0.3 is 0 Å². The van der Waals surface area contributed by atoms with E-state index in [0.717, 1.165) is 30.0 Å². The van der Waals surface area contributed by atoms with Crippen LogP contribution in [0.5, 0.6) is 0 Å². The molecule has 1 aromatic heterocycles. The molecule has 4 nitrogen and oxygen atoms in total. The minimum atomic E-state index is 0.984. The second kappa shape index (κ2) is 6.34. The monoisotopic (exact) mass is 297 g/mol. The third-order valence-electron chi connectivity index (χ3n) is 4.31. The molecule has 4 heteroatoms. The van der Waals surface area contributed by atoms with Gasteiger partial charge in [-0.15, -0.1) is 0 Å². The quantitative estimate of drug-likeness (QED) is 0.863. The van der Waals surface area contributed by atoms with Crippen molar-refractivity contribution in [2.75, 3.05) is 37.9 Å². The number of nitrogens with one attached hydrogen (secondary N) is 1. The summed E-state index contributed by atoms with van der Waals surface area (Å²) in [5.41, 5.74) is 2.19. The van der Waals surface area contributed by atoms with Crippen LogP contribution in [0.2, 0.25) is 0 Å². The molecule has 1 aromatic carbocycles. The zero-order chi connectivity index (χ0) is 15.5. The molecule has 0 saturated carbocycles. The Morgan fingerprint density at radius 2 is 1.95 bits per heavy atom. The molecule has 0 atom stereocenters.